The first kappa shape index (κ1) is 22.9. The summed E-state index contributed by atoms with van der Waals surface area (Å²) in [6.45, 7) is 3.35. The van der Waals surface area contributed by atoms with Gasteiger partial charge in [-0.25, -0.2) is 9.78 Å². The highest BCUT2D eigenvalue weighted by Gasteiger charge is 2.26. The fourth-order valence-electron chi connectivity index (χ4n) is 3.06. The average molecular weight is 438 g/mol. The summed E-state index contributed by atoms with van der Waals surface area (Å²) in [5.41, 5.74) is 1.74. The van der Waals surface area contributed by atoms with Crippen molar-refractivity contribution < 1.29 is 19.1 Å². The van der Waals surface area contributed by atoms with E-state index < -0.39 is 6.03 Å². The number of imide groups is 1. The van der Waals surface area contributed by atoms with Crippen molar-refractivity contribution in [3.8, 4) is 11.5 Å². The van der Waals surface area contributed by atoms with E-state index >= 15 is 0 Å². The molecule has 10 nitrogen and oxygen atoms in total. The van der Waals surface area contributed by atoms with E-state index in [1.807, 2.05) is 0 Å². The van der Waals surface area contributed by atoms with E-state index in [0.29, 0.717) is 66.8 Å². The largest absolute Gasteiger partial charge is 0.455 e. The van der Waals surface area contributed by atoms with Crippen molar-refractivity contribution in [1.82, 2.24) is 20.2 Å². The van der Waals surface area contributed by atoms with Gasteiger partial charge < -0.3 is 20.2 Å². The first-order chi connectivity index (χ1) is 15.5. The normalized spacial score (nSPS) is 13.8. The number of amides is 3. The number of aryl methyl sites for hydroxylation is 1. The van der Waals surface area contributed by atoms with Crippen LogP contribution in [0, 0.1) is 12.3 Å². The van der Waals surface area contributed by atoms with Gasteiger partial charge in [0.2, 0.25) is 5.91 Å². The summed E-state index contributed by atoms with van der Waals surface area (Å²) < 4.78 is 10.9. The first-order valence-corrected chi connectivity index (χ1v) is 10.2. The zero-order chi connectivity index (χ0) is 22.9. The molecule has 2 aromatic rings. The summed E-state index contributed by atoms with van der Waals surface area (Å²) in [4.78, 5) is 33.8. The van der Waals surface area contributed by atoms with E-state index in [1.165, 1.54) is 11.1 Å². The van der Waals surface area contributed by atoms with E-state index in [2.05, 4.69) is 20.6 Å². The minimum Gasteiger partial charge on any atom is -0.455 e. The van der Waals surface area contributed by atoms with Gasteiger partial charge in [-0.15, -0.1) is 0 Å². The first-order valence-electron chi connectivity index (χ1n) is 10.2. The van der Waals surface area contributed by atoms with Crippen LogP contribution in [-0.2, 0) is 9.53 Å². The third-order valence-corrected chi connectivity index (χ3v) is 4.71. The predicted octanol–water partition coefficient (Wildman–Crippen LogP) is 2.96. The number of ether oxygens (including phenoxy) is 2. The van der Waals surface area contributed by atoms with Gasteiger partial charge in [0, 0.05) is 56.9 Å². The zero-order valence-corrected chi connectivity index (χ0v) is 18.1. The van der Waals surface area contributed by atoms with Crippen molar-refractivity contribution in [2.24, 2.45) is 0 Å². The number of methoxy groups -OCH3 is 1. The molecule has 0 saturated carbocycles. The van der Waals surface area contributed by atoms with Crippen LogP contribution in [0.5, 0.6) is 11.5 Å². The van der Waals surface area contributed by atoms with Crippen molar-refractivity contribution in [3.05, 3.63) is 48.1 Å². The third kappa shape index (κ3) is 5.88. The Labute approximate surface area is 186 Å². The fourth-order valence-corrected chi connectivity index (χ4v) is 3.06. The van der Waals surface area contributed by atoms with Crippen LogP contribution in [0.1, 0.15) is 24.2 Å². The molecule has 1 aliphatic rings. The molecule has 1 fully saturated rings. The third-order valence-electron chi connectivity index (χ3n) is 4.71. The summed E-state index contributed by atoms with van der Waals surface area (Å²) in [6.07, 6.45) is 5.58. The molecule has 168 valence electrons. The minimum absolute atomic E-state index is 0.181. The lowest BCUT2D eigenvalue weighted by Gasteiger charge is -2.15. The maximum atomic E-state index is 12.2. The summed E-state index contributed by atoms with van der Waals surface area (Å²) in [7, 11) is 1.62. The predicted molar refractivity (Wildman–Crippen MR) is 120 cm³/mol. The van der Waals surface area contributed by atoms with E-state index in [4.69, 9.17) is 14.9 Å². The highest BCUT2D eigenvalue weighted by atomic mass is 16.5. The van der Waals surface area contributed by atoms with Crippen LogP contribution in [0.25, 0.3) is 5.57 Å². The summed E-state index contributed by atoms with van der Waals surface area (Å²) in [5, 5.41) is 13.4. The summed E-state index contributed by atoms with van der Waals surface area (Å²) in [6, 6.07) is 6.27. The van der Waals surface area contributed by atoms with Crippen molar-refractivity contribution >= 4 is 29.5 Å². The molecular formula is C22H26N6O4. The Kier molecular flexibility index (Phi) is 7.87. The molecule has 0 aromatic carbocycles. The molecule has 0 bridgehead atoms. The Morgan fingerprint density at radius 3 is 2.88 bits per heavy atom. The quantitative estimate of drug-likeness (QED) is 0.405. The Morgan fingerprint density at radius 1 is 1.34 bits per heavy atom. The van der Waals surface area contributed by atoms with Gasteiger partial charge in [0.15, 0.2) is 0 Å². The Balaban J connectivity index is 1.68. The SMILES string of the molecule is COCCN/C=C(\C=N)c1cc(Oc2ccc(NC(=O)N3CCCC3=O)nc2C)ccn1. The molecule has 3 N–H and O–H groups in total. The number of nitrogens with one attached hydrogen (secondary N) is 3. The molecule has 1 saturated heterocycles. The van der Waals surface area contributed by atoms with Crippen molar-refractivity contribution in [3.63, 3.8) is 0 Å². The molecule has 0 radical (unpaired) electrons. The van der Waals surface area contributed by atoms with E-state index in [9.17, 15) is 9.59 Å². The zero-order valence-electron chi connectivity index (χ0n) is 18.1. The molecule has 32 heavy (non-hydrogen) atoms. The monoisotopic (exact) mass is 438 g/mol. The highest BCUT2D eigenvalue weighted by molar-refractivity contribution is 6.07. The van der Waals surface area contributed by atoms with Gasteiger partial charge in [0.05, 0.1) is 18.0 Å². The van der Waals surface area contributed by atoms with E-state index in [-0.39, 0.29) is 5.91 Å². The average Bonchev–Trinajstić information content (AvgIpc) is 3.22. The molecule has 2 aromatic heterocycles. The number of hydrogen-bond acceptors (Lipinski definition) is 8. The van der Waals surface area contributed by atoms with Gasteiger partial charge in [-0.1, -0.05) is 0 Å². The topological polar surface area (TPSA) is 130 Å². The van der Waals surface area contributed by atoms with Crippen molar-refractivity contribution in [2.45, 2.75) is 19.8 Å². The smallest absolute Gasteiger partial charge is 0.329 e. The minimum atomic E-state index is -0.475. The van der Waals surface area contributed by atoms with Crippen molar-refractivity contribution in [2.75, 3.05) is 32.1 Å². The number of anilines is 1. The molecule has 0 atom stereocenters. The molecule has 1 aliphatic heterocycles. The fraction of sp³-hybridized carbons (Fsp3) is 0.318. The molecular weight excluding hydrogens is 412 g/mol. The van der Waals surface area contributed by atoms with E-state index in [1.54, 1.807) is 50.7 Å². The highest BCUT2D eigenvalue weighted by Crippen LogP contribution is 2.26. The molecule has 0 spiro atoms. The number of allylic oxidation sites excluding steroid dienone is 1. The number of aromatic nitrogens is 2. The summed E-state index contributed by atoms with van der Waals surface area (Å²) >= 11 is 0. The number of rotatable bonds is 9. The number of urea groups is 1. The molecule has 3 amide bonds. The number of carbonyl (C=O) groups excluding carboxylic acids is 2. The van der Waals surface area contributed by atoms with Gasteiger partial charge in [-0.05, 0) is 31.5 Å². The van der Waals surface area contributed by atoms with Crippen LogP contribution in [0.3, 0.4) is 0 Å². The number of pyridine rings is 2. The van der Waals surface area contributed by atoms with Gasteiger partial charge in [0.1, 0.15) is 17.3 Å². The second kappa shape index (κ2) is 11.0. The van der Waals surface area contributed by atoms with Crippen LogP contribution in [0.15, 0.2) is 36.7 Å². The molecule has 3 rings (SSSR count). The van der Waals surface area contributed by atoms with Gasteiger partial charge in [-0.3, -0.25) is 20.0 Å². The van der Waals surface area contributed by atoms with Gasteiger partial charge in [-0.2, -0.15) is 0 Å². The van der Waals surface area contributed by atoms with Crippen LogP contribution in [0.4, 0.5) is 10.6 Å². The second-order valence-corrected chi connectivity index (χ2v) is 7.03. The molecule has 10 heteroatoms. The number of carbonyl (C=O) groups is 2. The van der Waals surface area contributed by atoms with Crippen LogP contribution in [-0.4, -0.2) is 59.8 Å². The molecule has 3 heterocycles. The summed E-state index contributed by atoms with van der Waals surface area (Å²) in [5.74, 6) is 1.20. The number of likely N-dealkylation sites (tertiary alicyclic amines) is 1. The number of hydrogen-bond donors (Lipinski definition) is 3. The Bertz CT molecular complexity index is 1020. The lowest BCUT2D eigenvalue weighted by Crippen LogP contribution is -2.35. The van der Waals surface area contributed by atoms with Crippen LogP contribution >= 0.6 is 0 Å². The maximum Gasteiger partial charge on any atom is 0.329 e. The van der Waals surface area contributed by atoms with Crippen LogP contribution < -0.4 is 15.4 Å². The van der Waals surface area contributed by atoms with Crippen molar-refractivity contribution in [1.29, 1.82) is 5.41 Å². The number of nitrogens with zero attached hydrogens (tertiary/aromatic N) is 3. The maximum absolute atomic E-state index is 12.2. The Morgan fingerprint density at radius 2 is 2.19 bits per heavy atom. The van der Waals surface area contributed by atoms with E-state index in [0.717, 1.165) is 0 Å². The second-order valence-electron chi connectivity index (χ2n) is 7.03. The van der Waals surface area contributed by atoms with Gasteiger partial charge >= 0.3 is 6.03 Å². The Hall–Kier alpha value is -3.79. The standard InChI is InChI=1S/C22H26N6O4/c1-15-19(5-6-20(26-15)27-22(30)28-10-3-4-21(28)29)32-17-7-8-25-18(12-17)16(13-23)14-24-9-11-31-2/h5-8,12-14,23-24H,3-4,9-11H2,1-2H3,(H,26,27,30)/b16-14+,23-13?. The lowest BCUT2D eigenvalue weighted by molar-refractivity contribution is -0.125. The molecule has 0 unspecified atom stereocenters. The van der Waals surface area contributed by atoms with Gasteiger partial charge in [0.25, 0.3) is 0 Å². The lowest BCUT2D eigenvalue weighted by atomic mass is 10.2. The van der Waals surface area contributed by atoms with Crippen LogP contribution in [0.2, 0.25) is 0 Å². The molecule has 0 aliphatic carbocycles.